The van der Waals surface area contributed by atoms with E-state index in [1.165, 1.54) is 5.56 Å². The second-order valence-corrected chi connectivity index (χ2v) is 5.24. The standard InChI is InChI=1S/C13H19BrN2/c1-4-13(3,10-15-5-2)7-11-6-12(14)9-16-8-11/h4,6,8-9,15H,1,5,7,10H2,2-3H3. The van der Waals surface area contributed by atoms with Crippen molar-refractivity contribution in [2.75, 3.05) is 13.1 Å². The molecule has 0 saturated heterocycles. The molecule has 1 unspecified atom stereocenters. The topological polar surface area (TPSA) is 24.9 Å². The van der Waals surface area contributed by atoms with Gasteiger partial charge in [0.1, 0.15) is 0 Å². The van der Waals surface area contributed by atoms with E-state index < -0.39 is 0 Å². The predicted octanol–water partition coefficient (Wildman–Crippen LogP) is 3.19. The van der Waals surface area contributed by atoms with Gasteiger partial charge in [-0.05, 0) is 40.5 Å². The Bertz CT molecular complexity index is 352. The number of aromatic nitrogens is 1. The molecule has 0 aliphatic carbocycles. The van der Waals surface area contributed by atoms with E-state index in [4.69, 9.17) is 0 Å². The van der Waals surface area contributed by atoms with Gasteiger partial charge in [0.15, 0.2) is 0 Å². The fourth-order valence-corrected chi connectivity index (χ4v) is 2.05. The fourth-order valence-electron chi connectivity index (χ4n) is 1.64. The zero-order chi connectivity index (χ0) is 12.0. The molecule has 0 aromatic carbocycles. The predicted molar refractivity (Wildman–Crippen MR) is 72.5 cm³/mol. The molecule has 1 atom stereocenters. The molecule has 1 aromatic heterocycles. The summed E-state index contributed by atoms with van der Waals surface area (Å²) in [6.45, 7) is 10.2. The molecule has 0 aliphatic heterocycles. The Hall–Kier alpha value is -0.670. The molecular formula is C13H19BrN2. The molecule has 0 radical (unpaired) electrons. The summed E-state index contributed by atoms with van der Waals surface area (Å²) in [7, 11) is 0. The number of nitrogens with zero attached hydrogens (tertiary/aromatic N) is 1. The highest BCUT2D eigenvalue weighted by Gasteiger charge is 2.20. The lowest BCUT2D eigenvalue weighted by atomic mass is 9.84. The van der Waals surface area contributed by atoms with Crippen molar-refractivity contribution in [2.45, 2.75) is 20.3 Å². The first-order chi connectivity index (χ1) is 7.59. The van der Waals surface area contributed by atoms with Gasteiger partial charge in [-0.25, -0.2) is 0 Å². The highest BCUT2D eigenvalue weighted by Crippen LogP contribution is 2.24. The maximum atomic E-state index is 4.18. The van der Waals surface area contributed by atoms with Gasteiger partial charge < -0.3 is 5.32 Å². The summed E-state index contributed by atoms with van der Waals surface area (Å²) in [5.41, 5.74) is 1.31. The van der Waals surface area contributed by atoms with Crippen LogP contribution in [0.25, 0.3) is 0 Å². The Morgan fingerprint density at radius 2 is 2.31 bits per heavy atom. The van der Waals surface area contributed by atoms with E-state index in [0.29, 0.717) is 0 Å². The fraction of sp³-hybridized carbons (Fsp3) is 0.462. The van der Waals surface area contributed by atoms with Gasteiger partial charge in [0.05, 0.1) is 0 Å². The quantitative estimate of drug-likeness (QED) is 0.811. The number of rotatable bonds is 6. The van der Waals surface area contributed by atoms with Crippen LogP contribution in [0.5, 0.6) is 0 Å². The normalized spacial score (nSPS) is 14.4. The zero-order valence-corrected chi connectivity index (χ0v) is 11.5. The van der Waals surface area contributed by atoms with Crippen molar-refractivity contribution < 1.29 is 0 Å². The molecule has 1 aromatic rings. The van der Waals surface area contributed by atoms with Crippen molar-refractivity contribution in [1.82, 2.24) is 10.3 Å². The van der Waals surface area contributed by atoms with Crippen LogP contribution in [0.3, 0.4) is 0 Å². The third-order valence-corrected chi connectivity index (χ3v) is 3.07. The Labute approximate surface area is 106 Å². The first kappa shape index (κ1) is 13.4. The second-order valence-electron chi connectivity index (χ2n) is 4.33. The number of pyridine rings is 1. The zero-order valence-electron chi connectivity index (χ0n) is 9.96. The first-order valence-electron chi connectivity index (χ1n) is 5.53. The molecule has 1 heterocycles. The highest BCUT2D eigenvalue weighted by molar-refractivity contribution is 9.10. The van der Waals surface area contributed by atoms with Crippen molar-refractivity contribution in [3.8, 4) is 0 Å². The Kier molecular flexibility index (Phi) is 5.16. The van der Waals surface area contributed by atoms with E-state index in [1.807, 2.05) is 12.3 Å². The third-order valence-electron chi connectivity index (χ3n) is 2.64. The smallest absolute Gasteiger partial charge is 0.0410 e. The summed E-state index contributed by atoms with van der Waals surface area (Å²) in [5, 5.41) is 3.37. The third kappa shape index (κ3) is 4.06. The Balaban J connectivity index is 2.72. The summed E-state index contributed by atoms with van der Waals surface area (Å²) in [6.07, 6.45) is 6.70. The van der Waals surface area contributed by atoms with E-state index in [-0.39, 0.29) is 5.41 Å². The highest BCUT2D eigenvalue weighted by atomic mass is 79.9. The molecule has 3 heteroatoms. The Morgan fingerprint density at radius 1 is 1.56 bits per heavy atom. The van der Waals surface area contributed by atoms with Crippen LogP contribution in [0.15, 0.2) is 35.6 Å². The molecule has 0 amide bonds. The summed E-state index contributed by atoms with van der Waals surface area (Å²) < 4.78 is 1.03. The molecule has 88 valence electrons. The van der Waals surface area contributed by atoms with Crippen LogP contribution in [0.4, 0.5) is 0 Å². The minimum absolute atomic E-state index is 0.0818. The summed E-state index contributed by atoms with van der Waals surface area (Å²) in [4.78, 5) is 4.18. The van der Waals surface area contributed by atoms with Crippen LogP contribution >= 0.6 is 15.9 Å². The van der Waals surface area contributed by atoms with Gasteiger partial charge in [0.2, 0.25) is 0 Å². The summed E-state index contributed by atoms with van der Waals surface area (Å²) in [6, 6.07) is 2.11. The molecule has 2 nitrogen and oxygen atoms in total. The van der Waals surface area contributed by atoms with E-state index >= 15 is 0 Å². The van der Waals surface area contributed by atoms with Crippen molar-refractivity contribution in [3.63, 3.8) is 0 Å². The van der Waals surface area contributed by atoms with Crippen molar-refractivity contribution in [3.05, 3.63) is 41.2 Å². The van der Waals surface area contributed by atoms with Crippen LogP contribution in [0, 0.1) is 5.41 Å². The maximum absolute atomic E-state index is 4.18. The minimum Gasteiger partial charge on any atom is -0.316 e. The van der Waals surface area contributed by atoms with Gasteiger partial charge in [-0.3, -0.25) is 4.98 Å². The van der Waals surface area contributed by atoms with E-state index in [9.17, 15) is 0 Å². The lowest BCUT2D eigenvalue weighted by Crippen LogP contribution is -2.31. The van der Waals surface area contributed by atoms with Crippen molar-refractivity contribution >= 4 is 15.9 Å². The van der Waals surface area contributed by atoms with Gasteiger partial charge in [-0.2, -0.15) is 0 Å². The number of hydrogen-bond acceptors (Lipinski definition) is 2. The Morgan fingerprint density at radius 3 is 2.88 bits per heavy atom. The van der Waals surface area contributed by atoms with Crippen LogP contribution < -0.4 is 5.32 Å². The van der Waals surface area contributed by atoms with Crippen molar-refractivity contribution in [2.24, 2.45) is 5.41 Å². The maximum Gasteiger partial charge on any atom is 0.0410 e. The van der Waals surface area contributed by atoms with Crippen LogP contribution in [0.1, 0.15) is 19.4 Å². The molecular weight excluding hydrogens is 264 g/mol. The minimum atomic E-state index is 0.0818. The summed E-state index contributed by atoms with van der Waals surface area (Å²) in [5.74, 6) is 0. The number of halogens is 1. The lowest BCUT2D eigenvalue weighted by molar-refractivity contribution is 0.395. The first-order valence-corrected chi connectivity index (χ1v) is 6.32. The van der Waals surface area contributed by atoms with E-state index in [1.54, 1.807) is 6.20 Å². The SMILES string of the molecule is C=CC(C)(CNCC)Cc1cncc(Br)c1. The number of nitrogens with one attached hydrogen (secondary N) is 1. The molecule has 16 heavy (non-hydrogen) atoms. The van der Waals surface area contributed by atoms with E-state index in [0.717, 1.165) is 24.0 Å². The van der Waals surface area contributed by atoms with Gasteiger partial charge >= 0.3 is 0 Å². The molecule has 1 N–H and O–H groups in total. The molecule has 0 spiro atoms. The van der Waals surface area contributed by atoms with Crippen LogP contribution in [-0.4, -0.2) is 18.1 Å². The number of hydrogen-bond donors (Lipinski definition) is 1. The van der Waals surface area contributed by atoms with Gasteiger partial charge in [0, 0.05) is 28.8 Å². The summed E-state index contributed by atoms with van der Waals surface area (Å²) >= 11 is 3.44. The van der Waals surface area contributed by atoms with Gasteiger partial charge in [-0.1, -0.05) is 19.9 Å². The molecule has 0 saturated carbocycles. The molecule has 0 fully saturated rings. The average Bonchev–Trinajstić information content (AvgIpc) is 2.26. The van der Waals surface area contributed by atoms with Gasteiger partial charge in [0.25, 0.3) is 0 Å². The average molecular weight is 283 g/mol. The molecule has 0 bridgehead atoms. The second kappa shape index (κ2) is 6.16. The van der Waals surface area contributed by atoms with Gasteiger partial charge in [-0.15, -0.1) is 6.58 Å². The van der Waals surface area contributed by atoms with Crippen molar-refractivity contribution in [1.29, 1.82) is 0 Å². The van der Waals surface area contributed by atoms with Crippen LogP contribution in [-0.2, 0) is 6.42 Å². The molecule has 0 aliphatic rings. The molecule has 1 rings (SSSR count). The van der Waals surface area contributed by atoms with E-state index in [2.05, 4.69) is 52.7 Å². The monoisotopic (exact) mass is 282 g/mol. The van der Waals surface area contributed by atoms with Crippen LogP contribution in [0.2, 0.25) is 0 Å². The largest absolute Gasteiger partial charge is 0.316 e. The lowest BCUT2D eigenvalue weighted by Gasteiger charge is -2.26.